The molecule has 2 aromatic carbocycles. The van der Waals surface area contributed by atoms with Crippen LogP contribution < -0.4 is 9.47 Å². The zero-order valence-corrected chi connectivity index (χ0v) is 14.1. The summed E-state index contributed by atoms with van der Waals surface area (Å²) in [6.45, 7) is 4.72. The highest BCUT2D eigenvalue weighted by Gasteiger charge is 2.13. The third-order valence-electron chi connectivity index (χ3n) is 3.73. The monoisotopic (exact) mass is 312 g/mol. The molecule has 0 spiro atoms. The van der Waals surface area contributed by atoms with Gasteiger partial charge >= 0.3 is 0 Å². The molecule has 0 radical (unpaired) electrons. The maximum atomic E-state index is 12.3. The summed E-state index contributed by atoms with van der Waals surface area (Å²) in [5, 5.41) is 0. The van der Waals surface area contributed by atoms with Crippen molar-refractivity contribution >= 4 is 5.78 Å². The summed E-state index contributed by atoms with van der Waals surface area (Å²) in [5.41, 5.74) is 2.93. The third-order valence-corrected chi connectivity index (χ3v) is 3.73. The molecule has 0 amide bonds. The van der Waals surface area contributed by atoms with Crippen molar-refractivity contribution in [2.75, 3.05) is 13.7 Å². The van der Waals surface area contributed by atoms with E-state index in [0.29, 0.717) is 19.4 Å². The largest absolute Gasteiger partial charge is 0.493 e. The average molecular weight is 312 g/mol. The van der Waals surface area contributed by atoms with E-state index in [9.17, 15) is 4.79 Å². The highest BCUT2D eigenvalue weighted by Crippen LogP contribution is 2.32. The first kappa shape index (κ1) is 17.1. The maximum absolute atomic E-state index is 12.3. The molecule has 0 saturated carbocycles. The number of ether oxygens (including phenoxy) is 2. The Hall–Kier alpha value is -2.29. The Morgan fingerprint density at radius 1 is 1.09 bits per heavy atom. The quantitative estimate of drug-likeness (QED) is 0.668. The van der Waals surface area contributed by atoms with Crippen molar-refractivity contribution in [1.82, 2.24) is 0 Å². The minimum atomic E-state index is 0.147. The lowest BCUT2D eigenvalue weighted by molar-refractivity contribution is 0.0982. The van der Waals surface area contributed by atoms with E-state index in [1.54, 1.807) is 7.11 Å². The number of hydrogen-bond donors (Lipinski definition) is 0. The highest BCUT2D eigenvalue weighted by atomic mass is 16.5. The first-order valence-electron chi connectivity index (χ1n) is 8.04. The van der Waals surface area contributed by atoms with Gasteiger partial charge in [-0.05, 0) is 31.4 Å². The number of para-hydroxylation sites is 1. The fourth-order valence-electron chi connectivity index (χ4n) is 2.42. The van der Waals surface area contributed by atoms with Crippen molar-refractivity contribution in [1.29, 1.82) is 0 Å². The van der Waals surface area contributed by atoms with Gasteiger partial charge in [0.2, 0.25) is 0 Å². The summed E-state index contributed by atoms with van der Waals surface area (Å²) < 4.78 is 11.2. The highest BCUT2D eigenvalue weighted by molar-refractivity contribution is 5.96. The van der Waals surface area contributed by atoms with Gasteiger partial charge in [0, 0.05) is 12.0 Å². The van der Waals surface area contributed by atoms with Gasteiger partial charge in [0.05, 0.1) is 13.7 Å². The first-order valence-corrected chi connectivity index (χ1v) is 8.04. The van der Waals surface area contributed by atoms with Crippen LogP contribution in [0.15, 0.2) is 42.5 Å². The average Bonchev–Trinajstić information content (AvgIpc) is 2.58. The van der Waals surface area contributed by atoms with Crippen LogP contribution >= 0.6 is 0 Å². The number of carbonyl (C=O) groups is 1. The Morgan fingerprint density at radius 2 is 1.83 bits per heavy atom. The number of ketones is 1. The molecule has 0 bridgehead atoms. The lowest BCUT2D eigenvalue weighted by atomic mass is 10.0. The molecule has 23 heavy (non-hydrogen) atoms. The number of methoxy groups -OCH3 is 1. The Labute approximate surface area is 138 Å². The molecule has 2 rings (SSSR count). The van der Waals surface area contributed by atoms with Gasteiger partial charge in [0.15, 0.2) is 17.3 Å². The van der Waals surface area contributed by atoms with Gasteiger partial charge in [-0.15, -0.1) is 0 Å². The molecule has 0 saturated heterocycles. The van der Waals surface area contributed by atoms with E-state index >= 15 is 0 Å². The summed E-state index contributed by atoms with van der Waals surface area (Å²) >= 11 is 0. The van der Waals surface area contributed by atoms with Crippen molar-refractivity contribution < 1.29 is 14.3 Å². The molecule has 2 aromatic rings. The van der Waals surface area contributed by atoms with Gasteiger partial charge in [0.1, 0.15) is 0 Å². The predicted octanol–water partition coefficient (Wildman–Crippen LogP) is 4.61. The second-order valence-corrected chi connectivity index (χ2v) is 5.59. The van der Waals surface area contributed by atoms with E-state index in [1.165, 1.54) is 0 Å². The fourth-order valence-corrected chi connectivity index (χ4v) is 2.42. The Balaban J connectivity index is 2.10. The zero-order valence-electron chi connectivity index (χ0n) is 14.1. The van der Waals surface area contributed by atoms with Gasteiger partial charge < -0.3 is 9.47 Å². The topological polar surface area (TPSA) is 35.5 Å². The van der Waals surface area contributed by atoms with Crippen molar-refractivity contribution in [2.24, 2.45) is 0 Å². The van der Waals surface area contributed by atoms with E-state index in [-0.39, 0.29) is 5.78 Å². The van der Waals surface area contributed by atoms with Gasteiger partial charge in [-0.2, -0.15) is 0 Å². The summed E-state index contributed by atoms with van der Waals surface area (Å²) in [5.74, 6) is 1.63. The van der Waals surface area contributed by atoms with Crippen LogP contribution in [0.3, 0.4) is 0 Å². The lowest BCUT2D eigenvalue weighted by Gasteiger charge is -2.14. The molecule has 0 aliphatic rings. The van der Waals surface area contributed by atoms with E-state index in [2.05, 4.69) is 6.92 Å². The summed E-state index contributed by atoms with van der Waals surface area (Å²) in [6, 6.07) is 13.5. The molecule has 0 heterocycles. The van der Waals surface area contributed by atoms with E-state index < -0.39 is 0 Å². The van der Waals surface area contributed by atoms with Gasteiger partial charge in [0.25, 0.3) is 0 Å². The van der Waals surface area contributed by atoms with Crippen molar-refractivity contribution in [3.8, 4) is 11.5 Å². The molecule has 0 fully saturated rings. The second kappa shape index (κ2) is 8.37. The maximum Gasteiger partial charge on any atom is 0.164 e. The van der Waals surface area contributed by atoms with Crippen LogP contribution in [0.5, 0.6) is 11.5 Å². The smallest absolute Gasteiger partial charge is 0.164 e. The van der Waals surface area contributed by atoms with Crippen LogP contribution in [0.2, 0.25) is 0 Å². The Morgan fingerprint density at radius 3 is 2.48 bits per heavy atom. The minimum absolute atomic E-state index is 0.147. The number of carbonyl (C=O) groups excluding carboxylic acids is 1. The third kappa shape index (κ3) is 4.59. The predicted molar refractivity (Wildman–Crippen MR) is 92.6 cm³/mol. The number of Topliss-reactive ketones (excluding diaryl/α,β-unsaturated/α-hetero) is 1. The normalized spacial score (nSPS) is 10.4. The molecule has 0 aromatic heterocycles. The number of benzene rings is 2. The van der Waals surface area contributed by atoms with Crippen LogP contribution in [-0.4, -0.2) is 19.5 Å². The molecule has 0 atom stereocenters. The van der Waals surface area contributed by atoms with Crippen molar-refractivity contribution in [2.45, 2.75) is 33.1 Å². The molecule has 3 nitrogen and oxygen atoms in total. The molecular weight excluding hydrogens is 288 g/mol. The Bertz CT molecular complexity index is 644. The SMILES string of the molecule is CCCOc1c(CCC(=O)c2ccc(C)cc2)cccc1OC. The fraction of sp³-hybridized carbons (Fsp3) is 0.350. The molecule has 0 aliphatic carbocycles. The van der Waals surface area contributed by atoms with Crippen LogP contribution in [-0.2, 0) is 6.42 Å². The van der Waals surface area contributed by atoms with E-state index in [0.717, 1.165) is 34.6 Å². The molecule has 0 aliphatic heterocycles. The summed E-state index contributed by atoms with van der Waals surface area (Å²) in [6.07, 6.45) is 2.03. The molecule has 0 unspecified atom stereocenters. The number of hydrogen-bond acceptors (Lipinski definition) is 3. The van der Waals surface area contributed by atoms with Crippen LogP contribution in [0, 0.1) is 6.92 Å². The van der Waals surface area contributed by atoms with Gasteiger partial charge in [-0.3, -0.25) is 4.79 Å². The molecule has 3 heteroatoms. The summed E-state index contributed by atoms with van der Waals surface area (Å²) in [7, 11) is 1.63. The van der Waals surface area contributed by atoms with Gasteiger partial charge in [-0.25, -0.2) is 0 Å². The molecular formula is C20H24O3. The zero-order chi connectivity index (χ0) is 16.7. The minimum Gasteiger partial charge on any atom is -0.493 e. The van der Waals surface area contributed by atoms with Gasteiger partial charge in [-0.1, -0.05) is 48.9 Å². The number of aryl methyl sites for hydroxylation is 2. The second-order valence-electron chi connectivity index (χ2n) is 5.59. The number of rotatable bonds is 8. The Kier molecular flexibility index (Phi) is 6.21. The van der Waals surface area contributed by atoms with Crippen molar-refractivity contribution in [3.05, 3.63) is 59.2 Å². The first-order chi connectivity index (χ1) is 11.2. The van der Waals surface area contributed by atoms with Crippen molar-refractivity contribution in [3.63, 3.8) is 0 Å². The van der Waals surface area contributed by atoms with Crippen LogP contribution in [0.1, 0.15) is 41.3 Å². The van der Waals surface area contributed by atoms with Crippen LogP contribution in [0.25, 0.3) is 0 Å². The van der Waals surface area contributed by atoms with E-state index in [1.807, 2.05) is 49.4 Å². The van der Waals surface area contributed by atoms with E-state index in [4.69, 9.17) is 9.47 Å². The summed E-state index contributed by atoms with van der Waals surface area (Å²) in [4.78, 5) is 12.3. The molecule has 122 valence electrons. The lowest BCUT2D eigenvalue weighted by Crippen LogP contribution is -2.05. The van der Waals surface area contributed by atoms with Crippen LogP contribution in [0.4, 0.5) is 0 Å². The molecule has 0 N–H and O–H groups in total. The standard InChI is InChI=1S/C20H24O3/c1-4-14-23-20-17(6-5-7-19(20)22-3)12-13-18(21)16-10-8-15(2)9-11-16/h5-11H,4,12-14H2,1-3H3.